The summed E-state index contributed by atoms with van der Waals surface area (Å²) in [6, 6.07) is 0.427. The summed E-state index contributed by atoms with van der Waals surface area (Å²) in [7, 11) is 0. The van der Waals surface area contributed by atoms with Gasteiger partial charge < -0.3 is 10.2 Å². The number of nitrogens with one attached hydrogen (secondary N) is 1. The maximum Gasteiger partial charge on any atom is 0.139 e. The molecule has 5 fully saturated rings. The van der Waals surface area contributed by atoms with E-state index in [1.807, 2.05) is 0 Å². The van der Waals surface area contributed by atoms with Gasteiger partial charge in [0.25, 0.3) is 0 Å². The molecular formula is C24H36N2O3. The van der Waals surface area contributed by atoms with Crippen molar-refractivity contribution in [2.75, 3.05) is 13.2 Å². The summed E-state index contributed by atoms with van der Waals surface area (Å²) in [4.78, 5) is 31.5. The molecule has 0 amide bonds. The summed E-state index contributed by atoms with van der Waals surface area (Å²) < 4.78 is 0. The molecule has 0 aromatic carbocycles. The molecule has 1 unspecified atom stereocenters. The Morgan fingerprint density at radius 3 is 2.72 bits per heavy atom. The number of fused-ring (bicyclic) bond motifs is 5. The van der Waals surface area contributed by atoms with Gasteiger partial charge in [-0.1, -0.05) is 19.0 Å². The molecule has 4 aliphatic carbocycles. The quantitative estimate of drug-likeness (QED) is 0.730. The van der Waals surface area contributed by atoms with Gasteiger partial charge >= 0.3 is 0 Å². The molecular weight excluding hydrogens is 364 g/mol. The van der Waals surface area contributed by atoms with E-state index in [4.69, 9.17) is 4.84 Å². The number of nitrogens with zero attached hydrogens (tertiary/aromatic N) is 1. The van der Waals surface area contributed by atoms with Crippen LogP contribution in [-0.4, -0.2) is 36.5 Å². The van der Waals surface area contributed by atoms with E-state index in [-0.39, 0.29) is 16.7 Å². The summed E-state index contributed by atoms with van der Waals surface area (Å²) in [6.07, 6.45) is 9.67. The number of ketones is 2. The van der Waals surface area contributed by atoms with E-state index in [1.165, 1.54) is 6.42 Å². The van der Waals surface area contributed by atoms with Crippen LogP contribution in [0.4, 0.5) is 0 Å². The van der Waals surface area contributed by atoms with Crippen LogP contribution in [0.15, 0.2) is 5.16 Å². The van der Waals surface area contributed by atoms with Crippen LogP contribution in [0.1, 0.15) is 78.1 Å². The molecule has 4 saturated carbocycles. The van der Waals surface area contributed by atoms with Crippen molar-refractivity contribution in [2.45, 2.75) is 84.1 Å². The summed E-state index contributed by atoms with van der Waals surface area (Å²) in [6.45, 7) is 6.27. The highest BCUT2D eigenvalue weighted by molar-refractivity contribution is 5.93. The highest BCUT2D eigenvalue weighted by Crippen LogP contribution is 2.64. The smallest absolute Gasteiger partial charge is 0.139 e. The molecule has 7 atom stereocenters. The Kier molecular flexibility index (Phi) is 4.88. The monoisotopic (exact) mass is 400 g/mol. The standard InChI is InChI=1S/C24H36N2O3/c1-23-9-7-15(26-29-14-16-4-3-11-25-16)12-20(23)21(27)13-17-18-5-6-22(28)24(18,2)10-8-19(17)23/h16-20,25H,3-14H2,1-2H3/t16-,17-,18-,19+,20?,23+,24-/m0/s1. The Labute approximate surface area is 174 Å². The predicted molar refractivity (Wildman–Crippen MR) is 112 cm³/mol. The lowest BCUT2D eigenvalue weighted by Crippen LogP contribution is -2.56. The SMILES string of the molecule is C[C@]12CCC(=NOC[C@@H]3CCCN3)CC1C(=O)C[C@@H]1[C@H]2CC[C@]2(C)C(=O)CC[C@@H]12. The van der Waals surface area contributed by atoms with Crippen molar-refractivity contribution < 1.29 is 14.4 Å². The molecule has 5 aliphatic rings. The third kappa shape index (κ3) is 3.10. The molecule has 160 valence electrons. The number of carbonyl (C=O) groups excluding carboxylic acids is 2. The van der Waals surface area contributed by atoms with Gasteiger partial charge in [-0.05, 0) is 81.1 Å². The first kappa shape index (κ1) is 19.7. The third-order valence-electron chi connectivity index (χ3n) is 9.64. The van der Waals surface area contributed by atoms with Crippen LogP contribution in [0.5, 0.6) is 0 Å². The van der Waals surface area contributed by atoms with Crippen molar-refractivity contribution in [1.29, 1.82) is 0 Å². The molecule has 0 radical (unpaired) electrons. The zero-order valence-electron chi connectivity index (χ0n) is 18.0. The Balaban J connectivity index is 1.30. The van der Waals surface area contributed by atoms with Gasteiger partial charge in [0.1, 0.15) is 18.2 Å². The van der Waals surface area contributed by atoms with E-state index in [0.29, 0.717) is 48.4 Å². The topological polar surface area (TPSA) is 67.8 Å². The first-order valence-electron chi connectivity index (χ1n) is 11.9. The van der Waals surface area contributed by atoms with Crippen LogP contribution >= 0.6 is 0 Å². The lowest BCUT2D eigenvalue weighted by molar-refractivity contribution is -0.152. The minimum Gasteiger partial charge on any atom is -0.394 e. The van der Waals surface area contributed by atoms with Crippen LogP contribution < -0.4 is 5.32 Å². The number of carbonyl (C=O) groups is 2. The van der Waals surface area contributed by atoms with E-state index in [1.54, 1.807) is 0 Å². The first-order chi connectivity index (χ1) is 13.9. The Hall–Kier alpha value is -1.23. The van der Waals surface area contributed by atoms with E-state index in [9.17, 15) is 9.59 Å². The molecule has 0 bridgehead atoms. The Bertz CT molecular complexity index is 728. The van der Waals surface area contributed by atoms with E-state index >= 15 is 0 Å². The summed E-state index contributed by atoms with van der Waals surface area (Å²) in [5, 5.41) is 7.90. The van der Waals surface area contributed by atoms with Crippen LogP contribution in [0, 0.1) is 34.5 Å². The number of oxime groups is 1. The summed E-state index contributed by atoms with van der Waals surface area (Å²) in [5.41, 5.74) is 0.988. The van der Waals surface area contributed by atoms with E-state index in [0.717, 1.165) is 63.6 Å². The number of hydrogen-bond donors (Lipinski definition) is 1. The van der Waals surface area contributed by atoms with Crippen molar-refractivity contribution in [1.82, 2.24) is 5.32 Å². The largest absolute Gasteiger partial charge is 0.394 e. The second-order valence-corrected chi connectivity index (χ2v) is 11.0. The highest BCUT2D eigenvalue weighted by atomic mass is 16.6. The van der Waals surface area contributed by atoms with Gasteiger partial charge in [-0.15, -0.1) is 0 Å². The molecule has 0 spiro atoms. The van der Waals surface area contributed by atoms with Crippen molar-refractivity contribution >= 4 is 17.3 Å². The van der Waals surface area contributed by atoms with Crippen molar-refractivity contribution in [3.63, 3.8) is 0 Å². The molecule has 0 aromatic rings. The fourth-order valence-electron chi connectivity index (χ4n) is 7.82. The molecule has 1 saturated heterocycles. The van der Waals surface area contributed by atoms with Crippen LogP contribution in [0.25, 0.3) is 0 Å². The summed E-state index contributed by atoms with van der Waals surface area (Å²) >= 11 is 0. The van der Waals surface area contributed by atoms with Crippen LogP contribution in [-0.2, 0) is 14.4 Å². The highest BCUT2D eigenvalue weighted by Gasteiger charge is 2.62. The number of Topliss-reactive ketones (excluding diaryl/α,β-unsaturated/α-hetero) is 2. The molecule has 0 aromatic heterocycles. The second-order valence-electron chi connectivity index (χ2n) is 11.0. The molecule has 5 rings (SSSR count). The molecule has 29 heavy (non-hydrogen) atoms. The molecule has 5 nitrogen and oxygen atoms in total. The lowest BCUT2D eigenvalue weighted by atomic mass is 9.45. The van der Waals surface area contributed by atoms with Gasteiger partial charge in [0.15, 0.2) is 0 Å². The minimum atomic E-state index is -0.159. The maximum absolute atomic E-state index is 13.3. The lowest BCUT2D eigenvalue weighted by Gasteiger charge is -2.58. The number of rotatable bonds is 3. The second kappa shape index (κ2) is 7.18. The van der Waals surface area contributed by atoms with Crippen LogP contribution in [0.2, 0.25) is 0 Å². The molecule has 5 heteroatoms. The van der Waals surface area contributed by atoms with Crippen molar-refractivity contribution in [3.8, 4) is 0 Å². The molecule has 1 N–H and O–H groups in total. The van der Waals surface area contributed by atoms with Gasteiger partial charge in [-0.2, -0.15) is 0 Å². The Morgan fingerprint density at radius 1 is 1.07 bits per heavy atom. The zero-order chi connectivity index (χ0) is 20.2. The molecule has 1 aliphatic heterocycles. The van der Waals surface area contributed by atoms with Gasteiger partial charge in [-0.25, -0.2) is 0 Å². The summed E-state index contributed by atoms with van der Waals surface area (Å²) in [5.74, 6) is 2.38. The van der Waals surface area contributed by atoms with Crippen LogP contribution in [0.3, 0.4) is 0 Å². The average Bonchev–Trinajstić information content (AvgIpc) is 3.31. The van der Waals surface area contributed by atoms with Gasteiger partial charge in [0.2, 0.25) is 0 Å². The fourth-order valence-corrected chi connectivity index (χ4v) is 7.82. The zero-order valence-corrected chi connectivity index (χ0v) is 18.0. The normalized spacial score (nSPS) is 48.3. The average molecular weight is 401 g/mol. The molecule has 1 heterocycles. The first-order valence-corrected chi connectivity index (χ1v) is 11.9. The van der Waals surface area contributed by atoms with E-state index in [2.05, 4.69) is 24.3 Å². The van der Waals surface area contributed by atoms with Crippen molar-refractivity contribution in [3.05, 3.63) is 0 Å². The van der Waals surface area contributed by atoms with E-state index < -0.39 is 0 Å². The fraction of sp³-hybridized carbons (Fsp3) is 0.875. The van der Waals surface area contributed by atoms with Crippen molar-refractivity contribution in [2.24, 2.45) is 39.7 Å². The van der Waals surface area contributed by atoms with Gasteiger partial charge in [0.05, 0.1) is 5.71 Å². The number of hydrogen-bond acceptors (Lipinski definition) is 5. The third-order valence-corrected chi connectivity index (χ3v) is 9.64. The predicted octanol–water partition coefficient (Wildman–Crippen LogP) is 3.90. The Morgan fingerprint density at radius 2 is 1.93 bits per heavy atom. The maximum atomic E-state index is 13.3. The van der Waals surface area contributed by atoms with Gasteiger partial charge in [0, 0.05) is 30.2 Å². The minimum absolute atomic E-state index is 0.0684. The van der Waals surface area contributed by atoms with Gasteiger partial charge in [-0.3, -0.25) is 9.59 Å².